The van der Waals surface area contributed by atoms with Crippen LogP contribution in [-0.2, 0) is 14.3 Å². The fourth-order valence-electron chi connectivity index (χ4n) is 2.40. The molecule has 108 valence electrons. The molecule has 0 aliphatic carbocycles. The molecule has 0 spiro atoms. The standard InChI is InChI=1S/C16H16N2O3/c1-4-21-16(20)12(9-17)14-11-7-5-6-8-13(11)18(10(2)3)15(14)19/h5-8,10H,4H2,1-3H3/b14-12+. The molecule has 1 aromatic carbocycles. The Bertz CT molecular complexity index is 668. The third-order valence-corrected chi connectivity index (χ3v) is 3.22. The molecule has 0 aromatic heterocycles. The molecule has 0 saturated carbocycles. The van der Waals surface area contributed by atoms with Gasteiger partial charge in [-0.15, -0.1) is 0 Å². The van der Waals surface area contributed by atoms with Crippen LogP contribution in [0.2, 0.25) is 0 Å². The number of esters is 1. The number of fused-ring (bicyclic) bond motifs is 1. The van der Waals surface area contributed by atoms with Gasteiger partial charge in [0.2, 0.25) is 0 Å². The summed E-state index contributed by atoms with van der Waals surface area (Å²) in [4.78, 5) is 26.1. The highest BCUT2D eigenvalue weighted by Gasteiger charge is 2.37. The minimum atomic E-state index is -0.760. The average molecular weight is 284 g/mol. The van der Waals surface area contributed by atoms with Gasteiger partial charge in [-0.3, -0.25) is 4.79 Å². The lowest BCUT2D eigenvalue weighted by molar-refractivity contribution is -0.138. The fraction of sp³-hybridized carbons (Fsp3) is 0.312. The van der Waals surface area contributed by atoms with Crippen LogP contribution >= 0.6 is 0 Å². The van der Waals surface area contributed by atoms with Crippen LogP contribution in [0, 0.1) is 11.3 Å². The summed E-state index contributed by atoms with van der Waals surface area (Å²) in [6.45, 7) is 5.57. The van der Waals surface area contributed by atoms with Crippen molar-refractivity contribution in [2.24, 2.45) is 0 Å². The van der Waals surface area contributed by atoms with Crippen LogP contribution in [0.15, 0.2) is 29.8 Å². The van der Waals surface area contributed by atoms with Gasteiger partial charge in [-0.2, -0.15) is 5.26 Å². The number of ether oxygens (including phenoxy) is 1. The smallest absolute Gasteiger partial charge is 0.349 e. The average Bonchev–Trinajstić information content (AvgIpc) is 2.73. The molecular formula is C16H16N2O3. The summed E-state index contributed by atoms with van der Waals surface area (Å²) in [5.74, 6) is -1.10. The molecule has 1 amide bonds. The third kappa shape index (κ3) is 2.40. The van der Waals surface area contributed by atoms with Crippen LogP contribution in [0.5, 0.6) is 0 Å². The lowest BCUT2D eigenvalue weighted by atomic mass is 10.0. The van der Waals surface area contributed by atoms with Crippen LogP contribution in [0.4, 0.5) is 5.69 Å². The van der Waals surface area contributed by atoms with E-state index in [-0.39, 0.29) is 29.7 Å². The van der Waals surface area contributed by atoms with Crippen molar-refractivity contribution in [1.29, 1.82) is 5.26 Å². The monoisotopic (exact) mass is 284 g/mol. The largest absolute Gasteiger partial charge is 0.462 e. The molecular weight excluding hydrogens is 268 g/mol. The molecule has 0 radical (unpaired) electrons. The van der Waals surface area contributed by atoms with Gasteiger partial charge in [-0.25, -0.2) is 4.79 Å². The predicted octanol–water partition coefficient (Wildman–Crippen LogP) is 2.28. The quantitative estimate of drug-likeness (QED) is 0.485. The van der Waals surface area contributed by atoms with Crippen molar-refractivity contribution < 1.29 is 14.3 Å². The van der Waals surface area contributed by atoms with E-state index in [9.17, 15) is 14.9 Å². The Labute approximate surface area is 123 Å². The maximum atomic E-state index is 12.6. The number of anilines is 1. The predicted molar refractivity (Wildman–Crippen MR) is 78.2 cm³/mol. The van der Waals surface area contributed by atoms with Crippen molar-refractivity contribution in [2.45, 2.75) is 26.8 Å². The van der Waals surface area contributed by atoms with Crippen LogP contribution in [-0.4, -0.2) is 24.5 Å². The topological polar surface area (TPSA) is 70.4 Å². The number of nitriles is 1. The van der Waals surface area contributed by atoms with E-state index in [0.717, 1.165) is 0 Å². The normalized spacial score (nSPS) is 15.8. The van der Waals surface area contributed by atoms with Crippen molar-refractivity contribution in [2.75, 3.05) is 11.5 Å². The number of carbonyl (C=O) groups excluding carboxylic acids is 2. The number of benzene rings is 1. The van der Waals surface area contributed by atoms with Crippen LogP contribution in [0.3, 0.4) is 0 Å². The van der Waals surface area contributed by atoms with Crippen LogP contribution in [0.1, 0.15) is 26.3 Å². The van der Waals surface area contributed by atoms with Gasteiger partial charge in [0.25, 0.3) is 5.91 Å². The summed E-state index contributed by atoms with van der Waals surface area (Å²) >= 11 is 0. The molecule has 1 aliphatic heterocycles. The zero-order valence-electron chi connectivity index (χ0n) is 12.2. The van der Waals surface area contributed by atoms with Gasteiger partial charge in [0.05, 0.1) is 17.9 Å². The van der Waals surface area contributed by atoms with Crippen molar-refractivity contribution in [1.82, 2.24) is 0 Å². The number of hydrogen-bond acceptors (Lipinski definition) is 4. The number of rotatable bonds is 3. The Morgan fingerprint density at radius 3 is 2.62 bits per heavy atom. The SMILES string of the molecule is CCOC(=O)/C(C#N)=C1/C(=O)N(C(C)C)c2ccccc21. The second-order valence-corrected chi connectivity index (χ2v) is 4.87. The van der Waals surface area contributed by atoms with E-state index in [1.54, 1.807) is 30.0 Å². The minimum Gasteiger partial charge on any atom is -0.462 e. The first kappa shape index (κ1) is 14.8. The maximum absolute atomic E-state index is 12.6. The molecule has 0 unspecified atom stereocenters. The molecule has 5 nitrogen and oxygen atoms in total. The molecule has 0 fully saturated rings. The van der Waals surface area contributed by atoms with Gasteiger partial charge < -0.3 is 9.64 Å². The van der Waals surface area contributed by atoms with E-state index in [2.05, 4.69) is 0 Å². The molecule has 0 bridgehead atoms. The van der Waals surface area contributed by atoms with Crippen LogP contribution in [0.25, 0.3) is 5.57 Å². The number of carbonyl (C=O) groups is 2. The highest BCUT2D eigenvalue weighted by molar-refractivity contribution is 6.36. The zero-order valence-corrected chi connectivity index (χ0v) is 12.2. The lowest BCUT2D eigenvalue weighted by Gasteiger charge is -2.21. The van der Waals surface area contributed by atoms with Gasteiger partial charge in [-0.05, 0) is 26.8 Å². The molecule has 0 saturated heterocycles. The van der Waals surface area contributed by atoms with E-state index in [4.69, 9.17) is 4.74 Å². The minimum absolute atomic E-state index is 0.0710. The number of amides is 1. The first-order chi connectivity index (χ1) is 10.0. The number of para-hydroxylation sites is 1. The van der Waals surface area contributed by atoms with Gasteiger partial charge >= 0.3 is 5.97 Å². The Morgan fingerprint density at radius 1 is 1.38 bits per heavy atom. The fourth-order valence-corrected chi connectivity index (χ4v) is 2.40. The molecule has 0 N–H and O–H groups in total. The summed E-state index contributed by atoms with van der Waals surface area (Å²) < 4.78 is 4.88. The van der Waals surface area contributed by atoms with E-state index in [1.807, 2.05) is 26.0 Å². The third-order valence-electron chi connectivity index (χ3n) is 3.22. The Hall–Kier alpha value is -2.61. The van der Waals surface area contributed by atoms with Gasteiger partial charge in [0.15, 0.2) is 5.57 Å². The molecule has 2 rings (SSSR count). The van der Waals surface area contributed by atoms with Crippen LogP contribution < -0.4 is 4.90 Å². The number of nitrogens with zero attached hydrogens (tertiary/aromatic N) is 2. The first-order valence-electron chi connectivity index (χ1n) is 6.77. The summed E-state index contributed by atoms with van der Waals surface area (Å²) in [6, 6.07) is 8.88. The molecule has 1 aliphatic rings. The lowest BCUT2D eigenvalue weighted by Crippen LogP contribution is -2.33. The summed E-state index contributed by atoms with van der Waals surface area (Å²) in [6.07, 6.45) is 0. The number of hydrogen-bond donors (Lipinski definition) is 0. The highest BCUT2D eigenvalue weighted by Crippen LogP contribution is 2.39. The van der Waals surface area contributed by atoms with E-state index >= 15 is 0 Å². The van der Waals surface area contributed by atoms with E-state index in [0.29, 0.717) is 11.3 Å². The molecule has 1 aromatic rings. The van der Waals surface area contributed by atoms with Crippen molar-refractivity contribution in [3.05, 3.63) is 35.4 Å². The van der Waals surface area contributed by atoms with Gasteiger partial charge in [-0.1, -0.05) is 18.2 Å². The summed E-state index contributed by atoms with van der Waals surface area (Å²) in [7, 11) is 0. The Morgan fingerprint density at radius 2 is 2.05 bits per heavy atom. The van der Waals surface area contributed by atoms with E-state index in [1.165, 1.54) is 0 Å². The van der Waals surface area contributed by atoms with Crippen molar-refractivity contribution >= 4 is 23.1 Å². The summed E-state index contributed by atoms with van der Waals surface area (Å²) in [5.41, 5.74) is 1.20. The van der Waals surface area contributed by atoms with Gasteiger partial charge in [0.1, 0.15) is 6.07 Å². The zero-order chi connectivity index (χ0) is 15.6. The van der Waals surface area contributed by atoms with Crippen molar-refractivity contribution in [3.63, 3.8) is 0 Å². The van der Waals surface area contributed by atoms with Gasteiger partial charge in [0, 0.05) is 11.6 Å². The maximum Gasteiger partial charge on any atom is 0.349 e. The molecule has 5 heteroatoms. The van der Waals surface area contributed by atoms with Crippen molar-refractivity contribution in [3.8, 4) is 6.07 Å². The molecule has 21 heavy (non-hydrogen) atoms. The molecule has 1 heterocycles. The Balaban J connectivity index is 2.67. The Kier molecular flexibility index (Phi) is 4.08. The summed E-state index contributed by atoms with van der Waals surface area (Å²) in [5, 5.41) is 9.27. The second-order valence-electron chi connectivity index (χ2n) is 4.87. The van der Waals surface area contributed by atoms with E-state index < -0.39 is 5.97 Å². The molecule has 0 atom stereocenters. The first-order valence-corrected chi connectivity index (χ1v) is 6.77. The highest BCUT2D eigenvalue weighted by atomic mass is 16.5. The second kappa shape index (κ2) is 5.80.